The first kappa shape index (κ1) is 18.1. The van der Waals surface area contributed by atoms with E-state index in [4.69, 9.17) is 0 Å². The molecule has 1 saturated heterocycles. The van der Waals surface area contributed by atoms with Gasteiger partial charge in [0.05, 0.1) is 0 Å². The van der Waals surface area contributed by atoms with Gasteiger partial charge in [0.2, 0.25) is 0 Å². The molecule has 1 aromatic heterocycles. The molecule has 0 saturated carbocycles. The Labute approximate surface area is 154 Å². The molecular weight excluding hydrogens is 326 g/mol. The van der Waals surface area contributed by atoms with Crippen LogP contribution < -0.4 is 5.32 Å². The van der Waals surface area contributed by atoms with Crippen LogP contribution in [0.15, 0.2) is 36.5 Å². The number of benzene rings is 1. The second-order valence-electron chi connectivity index (χ2n) is 7.18. The molecule has 0 radical (unpaired) electrons. The molecule has 1 aliphatic heterocycles. The lowest BCUT2D eigenvalue weighted by Gasteiger charge is -2.30. The molecule has 136 valence electrons. The van der Waals surface area contributed by atoms with Crippen molar-refractivity contribution in [1.82, 2.24) is 9.88 Å². The van der Waals surface area contributed by atoms with Crippen LogP contribution in [-0.4, -0.2) is 34.8 Å². The summed E-state index contributed by atoms with van der Waals surface area (Å²) >= 11 is 0. The summed E-state index contributed by atoms with van der Waals surface area (Å²) in [5, 5.41) is 2.88. The number of carbonyl (C=O) groups is 2. The number of aromatic nitrogens is 1. The lowest BCUT2D eigenvalue weighted by Crippen LogP contribution is -2.38. The Morgan fingerprint density at radius 3 is 2.54 bits per heavy atom. The average molecular weight is 351 g/mol. The Balaban J connectivity index is 1.74. The molecular formula is C21H25N3O2. The van der Waals surface area contributed by atoms with E-state index in [1.54, 1.807) is 12.1 Å². The van der Waals surface area contributed by atoms with Gasteiger partial charge in [-0.05, 0) is 56.4 Å². The van der Waals surface area contributed by atoms with Crippen LogP contribution in [0, 0.1) is 19.8 Å². The monoisotopic (exact) mass is 351 g/mol. The zero-order valence-corrected chi connectivity index (χ0v) is 15.6. The lowest BCUT2D eigenvalue weighted by atomic mass is 9.98. The Morgan fingerprint density at radius 2 is 1.85 bits per heavy atom. The van der Waals surface area contributed by atoms with Crippen LogP contribution in [0.4, 0.5) is 5.69 Å². The SMILES string of the molecule is Cc1ccc(NC(=O)c2cc(C(=O)N3CCC(C)CC3)ccn2)c(C)c1. The number of hydrogen-bond donors (Lipinski definition) is 1. The van der Waals surface area contributed by atoms with Crippen molar-refractivity contribution in [3.63, 3.8) is 0 Å². The zero-order valence-electron chi connectivity index (χ0n) is 15.6. The minimum absolute atomic E-state index is 0.0279. The summed E-state index contributed by atoms with van der Waals surface area (Å²) in [6.45, 7) is 7.71. The van der Waals surface area contributed by atoms with Crippen molar-refractivity contribution in [2.24, 2.45) is 5.92 Å². The molecule has 26 heavy (non-hydrogen) atoms. The summed E-state index contributed by atoms with van der Waals surface area (Å²) in [6.07, 6.45) is 3.57. The van der Waals surface area contributed by atoms with E-state index in [-0.39, 0.29) is 17.5 Å². The second kappa shape index (κ2) is 7.68. The van der Waals surface area contributed by atoms with Gasteiger partial charge >= 0.3 is 0 Å². The fourth-order valence-corrected chi connectivity index (χ4v) is 3.22. The molecule has 5 heteroatoms. The lowest BCUT2D eigenvalue weighted by molar-refractivity contribution is 0.0697. The molecule has 2 amide bonds. The molecule has 1 fully saturated rings. The smallest absolute Gasteiger partial charge is 0.274 e. The van der Waals surface area contributed by atoms with Crippen molar-refractivity contribution in [1.29, 1.82) is 0 Å². The molecule has 2 heterocycles. The van der Waals surface area contributed by atoms with E-state index in [9.17, 15) is 9.59 Å². The standard InChI is InChI=1S/C21H25N3O2/c1-14-7-10-24(11-8-14)21(26)17-6-9-22-19(13-17)20(25)23-18-5-4-15(2)12-16(18)3/h4-6,9,12-14H,7-8,10-11H2,1-3H3,(H,23,25). The van der Waals surface area contributed by atoms with Gasteiger partial charge in [0, 0.05) is 30.5 Å². The van der Waals surface area contributed by atoms with Gasteiger partial charge < -0.3 is 10.2 Å². The van der Waals surface area contributed by atoms with Crippen LogP contribution in [0.1, 0.15) is 51.7 Å². The zero-order chi connectivity index (χ0) is 18.7. The highest BCUT2D eigenvalue weighted by molar-refractivity contribution is 6.05. The van der Waals surface area contributed by atoms with Gasteiger partial charge in [0.15, 0.2) is 0 Å². The van der Waals surface area contributed by atoms with E-state index in [2.05, 4.69) is 17.2 Å². The number of hydrogen-bond acceptors (Lipinski definition) is 3. The first-order valence-corrected chi connectivity index (χ1v) is 9.08. The van der Waals surface area contributed by atoms with Crippen molar-refractivity contribution in [2.45, 2.75) is 33.6 Å². The highest BCUT2D eigenvalue weighted by atomic mass is 16.2. The predicted molar refractivity (Wildman–Crippen MR) is 102 cm³/mol. The van der Waals surface area contributed by atoms with Crippen molar-refractivity contribution in [2.75, 3.05) is 18.4 Å². The molecule has 5 nitrogen and oxygen atoms in total. The minimum Gasteiger partial charge on any atom is -0.339 e. The molecule has 2 aromatic rings. The fourth-order valence-electron chi connectivity index (χ4n) is 3.22. The molecule has 3 rings (SSSR count). The number of carbonyl (C=O) groups excluding carboxylic acids is 2. The number of pyridine rings is 1. The maximum Gasteiger partial charge on any atom is 0.274 e. The van der Waals surface area contributed by atoms with Crippen molar-refractivity contribution < 1.29 is 9.59 Å². The molecule has 1 N–H and O–H groups in total. The van der Waals surface area contributed by atoms with Crippen LogP contribution in [-0.2, 0) is 0 Å². The van der Waals surface area contributed by atoms with Crippen LogP contribution >= 0.6 is 0 Å². The van der Waals surface area contributed by atoms with Gasteiger partial charge in [0.25, 0.3) is 11.8 Å². The fraction of sp³-hybridized carbons (Fsp3) is 0.381. The summed E-state index contributed by atoms with van der Waals surface area (Å²) in [4.78, 5) is 31.2. The summed E-state index contributed by atoms with van der Waals surface area (Å²) in [6, 6.07) is 9.10. The maximum atomic E-state index is 12.7. The number of nitrogens with one attached hydrogen (secondary N) is 1. The van der Waals surface area contributed by atoms with Gasteiger partial charge in [0.1, 0.15) is 5.69 Å². The number of rotatable bonds is 3. The van der Waals surface area contributed by atoms with Gasteiger partial charge in [-0.1, -0.05) is 24.6 Å². The molecule has 0 spiro atoms. The third-order valence-electron chi connectivity index (χ3n) is 4.94. The Hall–Kier alpha value is -2.69. The number of nitrogens with zero attached hydrogens (tertiary/aromatic N) is 2. The summed E-state index contributed by atoms with van der Waals surface area (Å²) < 4.78 is 0. The molecule has 1 aliphatic rings. The number of anilines is 1. The molecule has 0 bridgehead atoms. The first-order chi connectivity index (χ1) is 12.4. The van der Waals surface area contributed by atoms with Crippen molar-refractivity contribution in [3.8, 4) is 0 Å². The Kier molecular flexibility index (Phi) is 5.35. The molecule has 1 aromatic carbocycles. The van der Waals surface area contributed by atoms with E-state index < -0.39 is 0 Å². The molecule has 0 atom stereocenters. The van der Waals surface area contributed by atoms with E-state index >= 15 is 0 Å². The number of likely N-dealkylation sites (tertiary alicyclic amines) is 1. The summed E-state index contributed by atoms with van der Waals surface area (Å²) in [5.74, 6) is 0.328. The normalized spacial score (nSPS) is 15.0. The van der Waals surface area contributed by atoms with Gasteiger partial charge in [-0.15, -0.1) is 0 Å². The highest BCUT2D eigenvalue weighted by Gasteiger charge is 2.22. The number of piperidine rings is 1. The third kappa shape index (κ3) is 4.10. The largest absolute Gasteiger partial charge is 0.339 e. The van der Waals surface area contributed by atoms with E-state index in [0.717, 1.165) is 42.7 Å². The van der Waals surface area contributed by atoms with Crippen LogP contribution in [0.5, 0.6) is 0 Å². The minimum atomic E-state index is -0.307. The van der Waals surface area contributed by atoms with Crippen LogP contribution in [0.3, 0.4) is 0 Å². The maximum absolute atomic E-state index is 12.7. The Morgan fingerprint density at radius 1 is 1.12 bits per heavy atom. The second-order valence-corrected chi connectivity index (χ2v) is 7.18. The van der Waals surface area contributed by atoms with Gasteiger partial charge in [-0.3, -0.25) is 14.6 Å². The van der Waals surface area contributed by atoms with Crippen LogP contribution in [0.2, 0.25) is 0 Å². The predicted octanol–water partition coefficient (Wildman–Crippen LogP) is 3.82. The van der Waals surface area contributed by atoms with Crippen molar-refractivity contribution in [3.05, 3.63) is 58.9 Å². The first-order valence-electron chi connectivity index (χ1n) is 9.08. The Bertz CT molecular complexity index is 824. The van der Waals surface area contributed by atoms with Gasteiger partial charge in [-0.2, -0.15) is 0 Å². The van der Waals surface area contributed by atoms with Crippen molar-refractivity contribution >= 4 is 17.5 Å². The van der Waals surface area contributed by atoms with E-state index in [0.29, 0.717) is 11.5 Å². The summed E-state index contributed by atoms with van der Waals surface area (Å²) in [7, 11) is 0. The summed E-state index contributed by atoms with van der Waals surface area (Å²) in [5.41, 5.74) is 3.65. The third-order valence-corrected chi connectivity index (χ3v) is 4.94. The van der Waals surface area contributed by atoms with Gasteiger partial charge in [-0.25, -0.2) is 0 Å². The topological polar surface area (TPSA) is 62.3 Å². The van der Waals surface area contributed by atoms with E-state index in [1.165, 1.54) is 6.20 Å². The highest BCUT2D eigenvalue weighted by Crippen LogP contribution is 2.19. The number of amides is 2. The number of aryl methyl sites for hydroxylation is 2. The average Bonchev–Trinajstić information content (AvgIpc) is 2.64. The van der Waals surface area contributed by atoms with E-state index in [1.807, 2.05) is 36.9 Å². The quantitative estimate of drug-likeness (QED) is 0.914. The molecule has 0 unspecified atom stereocenters. The molecule has 0 aliphatic carbocycles. The van der Waals surface area contributed by atoms with Crippen LogP contribution in [0.25, 0.3) is 0 Å².